The van der Waals surface area contributed by atoms with Gasteiger partial charge in [-0.2, -0.15) is 4.31 Å². The summed E-state index contributed by atoms with van der Waals surface area (Å²) in [5.41, 5.74) is 1.03. The molecule has 0 N–H and O–H groups in total. The fourth-order valence-electron chi connectivity index (χ4n) is 3.75. The number of hydrogen-bond acceptors (Lipinski definition) is 4. The molecule has 1 fully saturated rings. The van der Waals surface area contributed by atoms with Crippen molar-refractivity contribution in [1.29, 1.82) is 0 Å². The molecule has 0 aliphatic heterocycles. The Bertz CT molecular complexity index is 1030. The Morgan fingerprint density at radius 3 is 2.26 bits per heavy atom. The van der Waals surface area contributed by atoms with Crippen LogP contribution >= 0.6 is 11.6 Å². The third kappa shape index (κ3) is 4.89. The third-order valence-corrected chi connectivity index (χ3v) is 8.31. The average Bonchev–Trinajstić information content (AvgIpc) is 3.60. The smallest absolute Gasteiger partial charge is 0.258 e. The lowest BCUT2D eigenvalue weighted by Crippen LogP contribution is -2.40. The van der Waals surface area contributed by atoms with Crippen molar-refractivity contribution in [2.45, 2.75) is 44.6 Å². The molecule has 31 heavy (non-hydrogen) atoms. The first-order valence-electron chi connectivity index (χ1n) is 10.5. The number of anilines is 1. The number of methoxy groups -OCH3 is 1. The van der Waals surface area contributed by atoms with Gasteiger partial charge in [0.05, 0.1) is 12.1 Å². The zero-order valence-electron chi connectivity index (χ0n) is 18.3. The van der Waals surface area contributed by atoms with Crippen LogP contribution < -0.4 is 9.64 Å². The summed E-state index contributed by atoms with van der Waals surface area (Å²) in [6, 6.07) is 11.8. The molecule has 0 aromatic heterocycles. The van der Waals surface area contributed by atoms with E-state index in [9.17, 15) is 13.2 Å². The number of carbonyl (C=O) groups is 1. The number of nitrogens with zero attached hydrogens (tertiary/aromatic N) is 2. The Morgan fingerprint density at radius 2 is 1.74 bits per heavy atom. The van der Waals surface area contributed by atoms with E-state index < -0.39 is 10.0 Å². The topological polar surface area (TPSA) is 66.9 Å². The van der Waals surface area contributed by atoms with E-state index in [1.54, 1.807) is 31.9 Å². The van der Waals surface area contributed by atoms with Crippen LogP contribution in [0, 0.1) is 5.92 Å². The number of rotatable bonds is 9. The highest BCUT2D eigenvalue weighted by Crippen LogP contribution is 2.38. The van der Waals surface area contributed by atoms with E-state index in [1.807, 2.05) is 31.2 Å². The first kappa shape index (κ1) is 23.6. The average molecular weight is 465 g/mol. The van der Waals surface area contributed by atoms with Gasteiger partial charge in [-0.25, -0.2) is 8.42 Å². The highest BCUT2D eigenvalue weighted by molar-refractivity contribution is 7.89. The summed E-state index contributed by atoms with van der Waals surface area (Å²) in [7, 11) is -2.20. The third-order valence-electron chi connectivity index (χ3n) is 5.78. The Hall–Kier alpha value is -2.09. The molecule has 0 heterocycles. The van der Waals surface area contributed by atoms with Crippen molar-refractivity contribution >= 4 is 33.2 Å². The minimum atomic E-state index is -3.80. The van der Waals surface area contributed by atoms with Gasteiger partial charge in [0.15, 0.2) is 0 Å². The highest BCUT2D eigenvalue weighted by Gasteiger charge is 2.36. The largest absolute Gasteiger partial charge is 0.497 e. The normalized spacial score (nSPS) is 15.0. The Labute approximate surface area is 189 Å². The van der Waals surface area contributed by atoms with Crippen LogP contribution in [0.25, 0.3) is 0 Å². The van der Waals surface area contributed by atoms with Crippen LogP contribution in [-0.2, 0) is 10.0 Å². The van der Waals surface area contributed by atoms with Gasteiger partial charge >= 0.3 is 0 Å². The van der Waals surface area contributed by atoms with E-state index >= 15 is 0 Å². The number of hydrogen-bond donors (Lipinski definition) is 0. The van der Waals surface area contributed by atoms with E-state index in [0.717, 1.165) is 18.5 Å². The van der Waals surface area contributed by atoms with Crippen molar-refractivity contribution in [1.82, 2.24) is 4.31 Å². The van der Waals surface area contributed by atoms with Crippen LogP contribution in [0.2, 0.25) is 5.02 Å². The van der Waals surface area contributed by atoms with Crippen LogP contribution in [0.15, 0.2) is 47.4 Å². The summed E-state index contributed by atoms with van der Waals surface area (Å²) in [4.78, 5) is 15.3. The summed E-state index contributed by atoms with van der Waals surface area (Å²) in [6.45, 7) is 6.22. The standard InChI is InChI=1S/C23H29ClN2O4S/c1-5-25(6-2)31(28,29)22-15-18(9-14-21(22)24)23(27)26(16(3)17-7-8-17)19-10-12-20(30-4)13-11-19/h9-17H,5-8H2,1-4H3. The molecule has 1 saturated carbocycles. The molecule has 0 saturated heterocycles. The van der Waals surface area contributed by atoms with Crippen molar-refractivity contribution in [2.75, 3.05) is 25.1 Å². The van der Waals surface area contributed by atoms with Crippen molar-refractivity contribution < 1.29 is 17.9 Å². The molecule has 1 aliphatic rings. The minimum absolute atomic E-state index is 0.0144. The quantitative estimate of drug-likeness (QED) is 0.533. The number of benzene rings is 2. The lowest BCUT2D eigenvalue weighted by molar-refractivity contribution is 0.0975. The molecule has 0 spiro atoms. The molecule has 6 nitrogen and oxygen atoms in total. The number of halogens is 1. The molecule has 8 heteroatoms. The number of ether oxygens (including phenoxy) is 1. The zero-order chi connectivity index (χ0) is 22.8. The van der Waals surface area contributed by atoms with Crippen molar-refractivity contribution in [3.8, 4) is 5.75 Å². The minimum Gasteiger partial charge on any atom is -0.497 e. The van der Waals surface area contributed by atoms with Gasteiger partial charge in [-0.15, -0.1) is 0 Å². The maximum atomic E-state index is 13.6. The second-order valence-corrected chi connectivity index (χ2v) is 10.00. The first-order chi connectivity index (χ1) is 14.7. The van der Waals surface area contributed by atoms with Gasteiger partial charge in [-0.3, -0.25) is 4.79 Å². The van der Waals surface area contributed by atoms with Gasteiger partial charge in [-0.1, -0.05) is 25.4 Å². The first-order valence-corrected chi connectivity index (χ1v) is 12.3. The molecular weight excluding hydrogens is 436 g/mol. The maximum absolute atomic E-state index is 13.6. The molecule has 0 radical (unpaired) electrons. The molecular formula is C23H29ClN2O4S. The van der Waals surface area contributed by atoms with E-state index in [2.05, 4.69) is 0 Å². The molecule has 3 rings (SSSR count). The Balaban J connectivity index is 2.03. The van der Waals surface area contributed by atoms with Crippen LogP contribution in [0.3, 0.4) is 0 Å². The van der Waals surface area contributed by atoms with Crippen LogP contribution in [0.4, 0.5) is 5.69 Å². The van der Waals surface area contributed by atoms with Crippen LogP contribution in [-0.4, -0.2) is 44.9 Å². The molecule has 1 atom stereocenters. The predicted molar refractivity (Wildman–Crippen MR) is 124 cm³/mol. The fourth-order valence-corrected chi connectivity index (χ4v) is 5.70. The van der Waals surface area contributed by atoms with Gasteiger partial charge in [0, 0.05) is 30.4 Å². The summed E-state index contributed by atoms with van der Waals surface area (Å²) >= 11 is 6.25. The highest BCUT2D eigenvalue weighted by atomic mass is 35.5. The van der Waals surface area contributed by atoms with Gasteiger partial charge in [0.25, 0.3) is 5.91 Å². The number of sulfonamides is 1. The summed E-state index contributed by atoms with van der Waals surface area (Å²) < 4.78 is 32.7. The molecule has 0 bridgehead atoms. The summed E-state index contributed by atoms with van der Waals surface area (Å²) in [6.07, 6.45) is 2.15. The Kier molecular flexibility index (Phi) is 7.29. The maximum Gasteiger partial charge on any atom is 0.258 e. The van der Waals surface area contributed by atoms with E-state index in [0.29, 0.717) is 30.3 Å². The Morgan fingerprint density at radius 1 is 1.13 bits per heavy atom. The number of amides is 1. The van der Waals surface area contributed by atoms with Gasteiger partial charge in [0.1, 0.15) is 10.6 Å². The molecule has 1 amide bonds. The summed E-state index contributed by atoms with van der Waals surface area (Å²) in [5, 5.41) is 0.106. The van der Waals surface area contributed by atoms with Crippen molar-refractivity contribution in [3.63, 3.8) is 0 Å². The SMILES string of the molecule is CCN(CC)S(=O)(=O)c1cc(C(=O)N(c2ccc(OC)cc2)C(C)C2CC2)ccc1Cl. The molecule has 2 aromatic rings. The molecule has 1 unspecified atom stereocenters. The monoisotopic (exact) mass is 464 g/mol. The van der Waals surface area contributed by atoms with Crippen LogP contribution in [0.1, 0.15) is 44.0 Å². The molecule has 2 aromatic carbocycles. The zero-order valence-corrected chi connectivity index (χ0v) is 19.9. The van der Waals surface area contributed by atoms with Gasteiger partial charge < -0.3 is 9.64 Å². The molecule has 168 valence electrons. The lowest BCUT2D eigenvalue weighted by atomic mass is 10.1. The molecule has 1 aliphatic carbocycles. The van der Waals surface area contributed by atoms with Crippen LogP contribution in [0.5, 0.6) is 5.75 Å². The van der Waals surface area contributed by atoms with E-state index in [4.69, 9.17) is 16.3 Å². The van der Waals surface area contributed by atoms with Gasteiger partial charge in [0.2, 0.25) is 10.0 Å². The number of carbonyl (C=O) groups excluding carboxylic acids is 1. The lowest BCUT2D eigenvalue weighted by Gasteiger charge is -2.30. The van der Waals surface area contributed by atoms with E-state index in [-0.39, 0.29) is 21.9 Å². The second-order valence-electron chi connectivity index (χ2n) is 7.69. The van der Waals surface area contributed by atoms with Crippen molar-refractivity contribution in [2.24, 2.45) is 5.92 Å². The van der Waals surface area contributed by atoms with Gasteiger partial charge in [-0.05, 0) is 68.1 Å². The summed E-state index contributed by atoms with van der Waals surface area (Å²) in [5.74, 6) is 0.878. The van der Waals surface area contributed by atoms with Crippen molar-refractivity contribution in [3.05, 3.63) is 53.1 Å². The predicted octanol–water partition coefficient (Wildman–Crippen LogP) is 4.82. The second kappa shape index (κ2) is 9.59. The fraction of sp³-hybridized carbons (Fsp3) is 0.435. The van der Waals surface area contributed by atoms with E-state index in [1.165, 1.54) is 16.4 Å².